The van der Waals surface area contributed by atoms with Crippen LogP contribution in [0, 0.1) is 11.3 Å². The zero-order valence-electron chi connectivity index (χ0n) is 11.1. The van der Waals surface area contributed by atoms with Gasteiger partial charge >= 0.3 is 0 Å². The van der Waals surface area contributed by atoms with Gasteiger partial charge in [-0.05, 0) is 25.0 Å². The van der Waals surface area contributed by atoms with Gasteiger partial charge in [0.25, 0.3) is 0 Å². The lowest BCUT2D eigenvalue weighted by molar-refractivity contribution is 0.0923. The van der Waals surface area contributed by atoms with Crippen LogP contribution in [-0.4, -0.2) is 36.9 Å². The van der Waals surface area contributed by atoms with Crippen molar-refractivity contribution in [2.75, 3.05) is 20.2 Å². The van der Waals surface area contributed by atoms with Crippen LogP contribution in [0.5, 0.6) is 5.75 Å². The fraction of sp³-hybridized carbons (Fsp3) is 0.467. The van der Waals surface area contributed by atoms with Crippen LogP contribution in [0.3, 0.4) is 0 Å². The number of nitriles is 1. The van der Waals surface area contributed by atoms with Crippen molar-refractivity contribution in [2.24, 2.45) is 0 Å². The number of rotatable bonds is 7. The molecule has 1 aliphatic rings. The number of carbonyl (C=O) groups is 1. The Morgan fingerprint density at radius 3 is 2.84 bits per heavy atom. The number of hydrogen-bond donors (Lipinski definition) is 0. The van der Waals surface area contributed by atoms with E-state index >= 15 is 0 Å². The van der Waals surface area contributed by atoms with E-state index in [4.69, 9.17) is 10.00 Å². The molecule has 0 N–H and O–H groups in total. The Kier molecular flexibility index (Phi) is 4.53. The van der Waals surface area contributed by atoms with Crippen molar-refractivity contribution in [1.82, 2.24) is 4.90 Å². The Bertz CT molecular complexity index is 489. The first-order valence-electron chi connectivity index (χ1n) is 6.53. The van der Waals surface area contributed by atoms with E-state index in [1.54, 1.807) is 19.2 Å². The molecule has 0 bridgehead atoms. The van der Waals surface area contributed by atoms with Crippen molar-refractivity contribution in [1.29, 1.82) is 5.26 Å². The van der Waals surface area contributed by atoms with Crippen molar-refractivity contribution in [3.05, 3.63) is 29.8 Å². The first-order chi connectivity index (χ1) is 9.26. The van der Waals surface area contributed by atoms with Crippen molar-refractivity contribution in [3.63, 3.8) is 0 Å². The Morgan fingerprint density at radius 2 is 2.21 bits per heavy atom. The highest BCUT2D eigenvalue weighted by Crippen LogP contribution is 2.27. The molecule has 0 saturated heterocycles. The van der Waals surface area contributed by atoms with Crippen LogP contribution in [-0.2, 0) is 0 Å². The summed E-state index contributed by atoms with van der Waals surface area (Å²) in [4.78, 5) is 14.4. The number of ketones is 1. The lowest BCUT2D eigenvalue weighted by atomic mass is 10.1. The Morgan fingerprint density at radius 1 is 1.47 bits per heavy atom. The fourth-order valence-electron chi connectivity index (χ4n) is 2.17. The number of nitrogens with zero attached hydrogens (tertiary/aromatic N) is 2. The average Bonchev–Trinajstić information content (AvgIpc) is 3.27. The van der Waals surface area contributed by atoms with Gasteiger partial charge in [0.05, 0.1) is 25.3 Å². The van der Waals surface area contributed by atoms with E-state index in [0.717, 1.165) is 12.8 Å². The third kappa shape index (κ3) is 3.55. The second kappa shape index (κ2) is 6.35. The summed E-state index contributed by atoms with van der Waals surface area (Å²) in [5.41, 5.74) is 0.618. The van der Waals surface area contributed by atoms with Gasteiger partial charge in [0, 0.05) is 19.0 Å². The Labute approximate surface area is 113 Å². The smallest absolute Gasteiger partial charge is 0.180 e. The van der Waals surface area contributed by atoms with Gasteiger partial charge in [-0.15, -0.1) is 0 Å². The van der Waals surface area contributed by atoms with Gasteiger partial charge in [-0.1, -0.05) is 12.1 Å². The van der Waals surface area contributed by atoms with E-state index in [-0.39, 0.29) is 5.78 Å². The second-order valence-electron chi connectivity index (χ2n) is 4.73. The summed E-state index contributed by atoms with van der Waals surface area (Å²) < 4.78 is 5.21. The molecule has 1 aromatic carbocycles. The topological polar surface area (TPSA) is 53.3 Å². The fourth-order valence-corrected chi connectivity index (χ4v) is 2.17. The van der Waals surface area contributed by atoms with Gasteiger partial charge < -0.3 is 4.74 Å². The standard InChI is InChI=1S/C15H18N2O2/c1-19-15-6-3-2-5-13(15)14(18)11-17(10-4-9-16)12-7-8-12/h2-3,5-6,12H,4,7-8,10-11H2,1H3. The summed E-state index contributed by atoms with van der Waals surface area (Å²) in [5.74, 6) is 0.672. The van der Waals surface area contributed by atoms with Crippen molar-refractivity contribution in [2.45, 2.75) is 25.3 Å². The van der Waals surface area contributed by atoms with Crippen LogP contribution >= 0.6 is 0 Å². The van der Waals surface area contributed by atoms with Crippen molar-refractivity contribution < 1.29 is 9.53 Å². The number of benzene rings is 1. The summed E-state index contributed by atoms with van der Waals surface area (Å²) in [6, 6.07) is 9.89. The van der Waals surface area contributed by atoms with E-state index in [9.17, 15) is 4.79 Å². The number of methoxy groups -OCH3 is 1. The van der Waals surface area contributed by atoms with Gasteiger partial charge in [0.1, 0.15) is 5.75 Å². The molecule has 19 heavy (non-hydrogen) atoms. The minimum Gasteiger partial charge on any atom is -0.496 e. The van der Waals surface area contributed by atoms with Crippen LogP contribution in [0.4, 0.5) is 0 Å². The van der Waals surface area contributed by atoms with Gasteiger partial charge in [0.15, 0.2) is 5.78 Å². The van der Waals surface area contributed by atoms with Crippen molar-refractivity contribution in [3.8, 4) is 11.8 Å². The lowest BCUT2D eigenvalue weighted by Gasteiger charge is -2.20. The molecule has 4 nitrogen and oxygen atoms in total. The molecule has 0 spiro atoms. The molecule has 0 amide bonds. The minimum atomic E-state index is 0.0577. The first-order valence-corrected chi connectivity index (χ1v) is 6.53. The van der Waals surface area contributed by atoms with Crippen LogP contribution in [0.15, 0.2) is 24.3 Å². The lowest BCUT2D eigenvalue weighted by Crippen LogP contribution is -2.32. The predicted octanol–water partition coefficient (Wildman–Crippen LogP) is 2.26. The second-order valence-corrected chi connectivity index (χ2v) is 4.73. The number of hydrogen-bond acceptors (Lipinski definition) is 4. The highest BCUT2D eigenvalue weighted by molar-refractivity contribution is 6.00. The number of carbonyl (C=O) groups excluding carboxylic acids is 1. The largest absolute Gasteiger partial charge is 0.496 e. The molecule has 0 atom stereocenters. The zero-order chi connectivity index (χ0) is 13.7. The van der Waals surface area contributed by atoms with Crippen LogP contribution in [0.2, 0.25) is 0 Å². The zero-order valence-corrected chi connectivity index (χ0v) is 11.1. The maximum Gasteiger partial charge on any atom is 0.180 e. The highest BCUT2D eigenvalue weighted by Gasteiger charge is 2.30. The summed E-state index contributed by atoms with van der Waals surface area (Å²) in [6.07, 6.45) is 2.73. The summed E-state index contributed by atoms with van der Waals surface area (Å²) in [5, 5.41) is 8.67. The Balaban J connectivity index is 2.04. The van der Waals surface area contributed by atoms with E-state index in [1.165, 1.54) is 0 Å². The molecule has 1 aromatic rings. The minimum absolute atomic E-state index is 0.0577. The van der Waals surface area contributed by atoms with Gasteiger partial charge in [0.2, 0.25) is 0 Å². The summed E-state index contributed by atoms with van der Waals surface area (Å²) in [6.45, 7) is 1.04. The molecule has 100 valence electrons. The summed E-state index contributed by atoms with van der Waals surface area (Å²) >= 11 is 0. The molecule has 1 fully saturated rings. The maximum absolute atomic E-state index is 12.3. The average molecular weight is 258 g/mol. The first kappa shape index (κ1) is 13.6. The molecule has 0 aliphatic heterocycles. The Hall–Kier alpha value is -1.86. The molecule has 0 heterocycles. The van der Waals surface area contributed by atoms with Crippen LogP contribution in [0.1, 0.15) is 29.6 Å². The monoisotopic (exact) mass is 258 g/mol. The number of Topliss-reactive ketones (excluding diaryl/α,β-unsaturated/α-hetero) is 1. The van der Waals surface area contributed by atoms with Crippen molar-refractivity contribution >= 4 is 5.78 Å². The molecule has 0 unspecified atom stereocenters. The summed E-state index contributed by atoms with van der Waals surface area (Å²) in [7, 11) is 1.57. The third-order valence-corrected chi connectivity index (χ3v) is 3.33. The molecular weight excluding hydrogens is 240 g/mol. The molecule has 1 aliphatic carbocycles. The highest BCUT2D eigenvalue weighted by atomic mass is 16.5. The molecule has 2 rings (SSSR count). The quantitative estimate of drug-likeness (QED) is 0.704. The third-order valence-electron chi connectivity index (χ3n) is 3.33. The van der Waals surface area contributed by atoms with Gasteiger partial charge in [-0.3, -0.25) is 9.69 Å². The van der Waals surface area contributed by atoms with E-state index in [2.05, 4.69) is 11.0 Å². The van der Waals surface area contributed by atoms with E-state index in [1.807, 2.05) is 12.1 Å². The molecule has 0 radical (unpaired) electrons. The molecule has 4 heteroatoms. The number of para-hydroxylation sites is 1. The predicted molar refractivity (Wildman–Crippen MR) is 72.1 cm³/mol. The molecular formula is C15H18N2O2. The molecule has 1 saturated carbocycles. The molecule has 0 aromatic heterocycles. The van der Waals surface area contributed by atoms with Crippen LogP contribution < -0.4 is 4.74 Å². The van der Waals surface area contributed by atoms with Crippen LogP contribution in [0.25, 0.3) is 0 Å². The van der Waals surface area contributed by atoms with Gasteiger partial charge in [-0.2, -0.15) is 5.26 Å². The maximum atomic E-state index is 12.3. The van der Waals surface area contributed by atoms with E-state index in [0.29, 0.717) is 36.9 Å². The SMILES string of the molecule is COc1ccccc1C(=O)CN(CCC#N)C1CC1. The van der Waals surface area contributed by atoms with E-state index < -0.39 is 0 Å². The normalized spacial score (nSPS) is 14.2. The number of ether oxygens (including phenoxy) is 1. The van der Waals surface area contributed by atoms with Gasteiger partial charge in [-0.25, -0.2) is 0 Å².